The maximum atomic E-state index is 13.0. The molecule has 0 unspecified atom stereocenters. The molecule has 0 aliphatic rings. The van der Waals surface area contributed by atoms with Crippen molar-refractivity contribution in [2.45, 2.75) is 9.79 Å². The quantitative estimate of drug-likeness (QED) is 0.171. The topological polar surface area (TPSA) is 192 Å². The monoisotopic (exact) mass is 578 g/mol. The van der Waals surface area contributed by atoms with E-state index >= 15 is 0 Å². The third-order valence-electron chi connectivity index (χ3n) is 5.97. The summed E-state index contributed by atoms with van der Waals surface area (Å²) in [6.45, 7) is 0. The van der Waals surface area contributed by atoms with Crippen LogP contribution >= 0.6 is 0 Å². The van der Waals surface area contributed by atoms with E-state index in [0.717, 1.165) is 6.07 Å². The molecule has 4 N–H and O–H groups in total. The molecule has 0 heterocycles. The molecule has 0 saturated heterocycles. The van der Waals surface area contributed by atoms with Crippen LogP contribution in [-0.2, 0) is 20.2 Å². The van der Waals surface area contributed by atoms with Gasteiger partial charge in [0.1, 0.15) is 10.3 Å². The van der Waals surface area contributed by atoms with E-state index in [1.54, 1.807) is 36.4 Å². The summed E-state index contributed by atoms with van der Waals surface area (Å²) in [7, 11) is -8.96. The van der Waals surface area contributed by atoms with Crippen molar-refractivity contribution in [3.63, 3.8) is 0 Å². The Morgan fingerprint density at radius 3 is 2.05 bits per heavy atom. The number of rotatable bonds is 6. The van der Waals surface area contributed by atoms with Gasteiger partial charge >= 0.3 is 0 Å². The molecule has 12 nitrogen and oxygen atoms in total. The zero-order valence-electron chi connectivity index (χ0n) is 20.1. The highest BCUT2D eigenvalue weighted by atomic mass is 32.2. The third-order valence-corrected chi connectivity index (χ3v) is 7.73. The molecule has 0 amide bonds. The number of nitrogens with one attached hydrogen (secondary N) is 2. The lowest BCUT2D eigenvalue weighted by Gasteiger charge is -2.08. The van der Waals surface area contributed by atoms with E-state index in [1.165, 1.54) is 42.5 Å². The number of hydrogen-bond acceptors (Lipinski definition) is 10. The minimum atomic E-state index is -4.51. The highest BCUT2D eigenvalue weighted by molar-refractivity contribution is 7.86. The van der Waals surface area contributed by atoms with Crippen LogP contribution in [0.15, 0.2) is 115 Å². The number of hydrogen-bond donors (Lipinski definition) is 4. The Morgan fingerprint density at radius 2 is 1.32 bits per heavy atom. The van der Waals surface area contributed by atoms with E-state index < -0.39 is 36.5 Å². The van der Waals surface area contributed by atoms with Crippen LogP contribution in [0.2, 0.25) is 0 Å². The molecule has 0 aromatic heterocycles. The van der Waals surface area contributed by atoms with Crippen molar-refractivity contribution in [3.8, 4) is 0 Å². The lowest BCUT2D eigenvalue weighted by atomic mass is 10.1. The first-order valence-corrected chi connectivity index (χ1v) is 14.3. The van der Waals surface area contributed by atoms with Crippen LogP contribution in [0.4, 0.5) is 11.4 Å². The van der Waals surface area contributed by atoms with Gasteiger partial charge in [-0.3, -0.25) is 29.5 Å². The first kappa shape index (κ1) is 26.8. The number of anilines is 2. The molecule has 5 aromatic carbocycles. The Hall–Kier alpha value is -4.76. The second-order valence-corrected chi connectivity index (χ2v) is 11.3. The van der Waals surface area contributed by atoms with Crippen molar-refractivity contribution in [1.82, 2.24) is 0 Å². The van der Waals surface area contributed by atoms with Gasteiger partial charge in [-0.1, -0.05) is 42.5 Å². The van der Waals surface area contributed by atoms with Gasteiger partial charge in [0.15, 0.2) is 5.36 Å². The highest BCUT2D eigenvalue weighted by Gasteiger charge is 2.16. The molecule has 0 atom stereocenters. The van der Waals surface area contributed by atoms with Gasteiger partial charge < -0.3 is 0 Å². The molecule has 14 heteroatoms. The predicted molar refractivity (Wildman–Crippen MR) is 147 cm³/mol. The molecule has 202 valence electrons. The predicted octanol–water partition coefficient (Wildman–Crippen LogP) is 1.94. The van der Waals surface area contributed by atoms with E-state index in [1.807, 2.05) is 0 Å². The molecule has 5 aromatic rings. The second kappa shape index (κ2) is 10.1. The summed E-state index contributed by atoms with van der Waals surface area (Å²) < 4.78 is 65.5. The fourth-order valence-corrected chi connectivity index (χ4v) is 5.28. The average Bonchev–Trinajstić information content (AvgIpc) is 2.91. The maximum Gasteiger partial charge on any atom is 0.295 e. The van der Waals surface area contributed by atoms with E-state index in [9.17, 15) is 35.5 Å². The summed E-state index contributed by atoms with van der Waals surface area (Å²) in [6, 6.07) is 20.1. The van der Waals surface area contributed by atoms with Crippen LogP contribution in [0.5, 0.6) is 0 Å². The molecule has 0 saturated carbocycles. The third kappa shape index (κ3) is 5.23. The summed E-state index contributed by atoms with van der Waals surface area (Å²) >= 11 is 0. The number of nitrogens with zero attached hydrogens (tertiary/aromatic N) is 2. The Balaban J connectivity index is 1.56. The smallest absolute Gasteiger partial charge is 0.287 e. The Bertz CT molecular complexity index is 2280. The molecule has 5 rings (SSSR count). The van der Waals surface area contributed by atoms with Gasteiger partial charge in [0.2, 0.25) is 10.9 Å². The normalized spacial score (nSPS) is 13.2. The maximum absolute atomic E-state index is 13.0. The summed E-state index contributed by atoms with van der Waals surface area (Å²) in [4.78, 5) is 24.9. The van der Waals surface area contributed by atoms with Crippen LogP contribution in [0.1, 0.15) is 0 Å². The van der Waals surface area contributed by atoms with E-state index in [2.05, 4.69) is 21.1 Å². The van der Waals surface area contributed by atoms with Crippen molar-refractivity contribution in [2.24, 2.45) is 10.2 Å². The second-order valence-electron chi connectivity index (χ2n) is 8.50. The molecule has 0 aliphatic heterocycles. The average molecular weight is 579 g/mol. The standard InChI is InChI=1S/C26H18N4O8S2/c31-23-12-10-22(29-27-20-7-3-4-15-8-9-16(14-19(15)20)39(33,34)35)26(32)25(23)30-28-21-11-13-24(40(36,37)38)18-6-2-1-5-17(18)21/h1-14,27-28H,(H,33,34,35)(H,36,37,38)/b29-22+,30-25+. The van der Waals surface area contributed by atoms with Crippen LogP contribution in [0.3, 0.4) is 0 Å². The van der Waals surface area contributed by atoms with Crippen LogP contribution in [0, 0.1) is 0 Å². The zero-order chi connectivity index (χ0) is 28.7. The molecule has 0 fully saturated rings. The lowest BCUT2D eigenvalue weighted by molar-refractivity contribution is 0.481. The fraction of sp³-hybridized carbons (Fsp3) is 0. The Morgan fingerprint density at radius 1 is 0.625 bits per heavy atom. The summed E-state index contributed by atoms with van der Waals surface area (Å²) in [5.41, 5.74) is 4.40. The molecule has 0 aliphatic carbocycles. The Labute approximate surface area is 225 Å². The van der Waals surface area contributed by atoms with Crippen molar-refractivity contribution in [2.75, 3.05) is 10.9 Å². The van der Waals surface area contributed by atoms with Crippen LogP contribution in [-0.4, -0.2) is 25.9 Å². The lowest BCUT2D eigenvalue weighted by Crippen LogP contribution is -2.47. The minimum absolute atomic E-state index is 0.172. The van der Waals surface area contributed by atoms with E-state index in [-0.39, 0.29) is 26.2 Å². The summed E-state index contributed by atoms with van der Waals surface area (Å²) in [5, 5.41) is 8.97. The minimum Gasteiger partial charge on any atom is -0.287 e. The van der Waals surface area contributed by atoms with Crippen molar-refractivity contribution in [1.29, 1.82) is 0 Å². The fourth-order valence-electron chi connectivity index (χ4n) is 4.08. The molecule has 0 radical (unpaired) electrons. The first-order chi connectivity index (χ1) is 18.9. The van der Waals surface area contributed by atoms with Crippen molar-refractivity contribution >= 4 is 53.2 Å². The van der Waals surface area contributed by atoms with Crippen LogP contribution in [0.25, 0.3) is 21.5 Å². The molecule has 40 heavy (non-hydrogen) atoms. The van der Waals surface area contributed by atoms with Gasteiger partial charge in [0.25, 0.3) is 20.2 Å². The van der Waals surface area contributed by atoms with Crippen LogP contribution < -0.4 is 32.4 Å². The highest BCUT2D eigenvalue weighted by Crippen LogP contribution is 2.29. The van der Waals surface area contributed by atoms with Gasteiger partial charge in [-0.05, 0) is 47.9 Å². The number of fused-ring (bicyclic) bond motifs is 2. The van der Waals surface area contributed by atoms with E-state index in [0.29, 0.717) is 21.8 Å². The van der Waals surface area contributed by atoms with Gasteiger partial charge in [-0.2, -0.15) is 27.0 Å². The molecular weight excluding hydrogens is 560 g/mol. The van der Waals surface area contributed by atoms with Gasteiger partial charge in [0.05, 0.1) is 16.3 Å². The first-order valence-electron chi connectivity index (χ1n) is 11.4. The Kier molecular flexibility index (Phi) is 6.77. The zero-order valence-corrected chi connectivity index (χ0v) is 21.8. The largest absolute Gasteiger partial charge is 0.295 e. The molecule has 0 spiro atoms. The van der Waals surface area contributed by atoms with Gasteiger partial charge in [0, 0.05) is 16.2 Å². The van der Waals surface area contributed by atoms with Crippen molar-refractivity contribution in [3.05, 3.63) is 116 Å². The van der Waals surface area contributed by atoms with Crippen molar-refractivity contribution < 1.29 is 25.9 Å². The molecule has 0 bridgehead atoms. The summed E-state index contributed by atoms with van der Waals surface area (Å²) in [6.07, 6.45) is 0. The molecular formula is C26H18N4O8S2. The van der Waals surface area contributed by atoms with E-state index in [4.69, 9.17) is 0 Å². The SMILES string of the molecule is O=c1cc/c(=N\Nc2cccc3ccc(S(=O)(=O)O)cc23)c(=O)/c1=N/Nc1ccc(S(=O)(=O)O)c2ccccc12. The van der Waals surface area contributed by atoms with Gasteiger partial charge in [-0.15, -0.1) is 0 Å². The van der Waals surface area contributed by atoms with Gasteiger partial charge in [-0.25, -0.2) is 0 Å². The summed E-state index contributed by atoms with van der Waals surface area (Å²) in [5.74, 6) is 0. The number of benzene rings is 5.